The zero-order valence-electron chi connectivity index (χ0n) is 18.0. The molecule has 0 radical (unpaired) electrons. The van der Waals surface area contributed by atoms with Crippen LogP contribution in [0.5, 0.6) is 11.5 Å². The van der Waals surface area contributed by atoms with Crippen molar-refractivity contribution < 1.29 is 14.3 Å². The first kappa shape index (κ1) is 20.1. The normalized spacial score (nSPS) is 15.5. The molecule has 0 bridgehead atoms. The monoisotopic (exact) mass is 432 g/mol. The SMILES string of the molecule is COc1ccc2cnn(CC(=O)N[C@H]3CCCc4c3[nH]c3ccccc43)c(=O)c2c1OC. The van der Waals surface area contributed by atoms with Crippen LogP contribution in [0.3, 0.4) is 0 Å². The summed E-state index contributed by atoms with van der Waals surface area (Å²) in [6.45, 7) is -0.179. The lowest BCUT2D eigenvalue weighted by molar-refractivity contribution is -0.122. The van der Waals surface area contributed by atoms with Crippen LogP contribution >= 0.6 is 0 Å². The second kappa shape index (κ2) is 8.03. The molecule has 1 atom stereocenters. The Balaban J connectivity index is 1.43. The van der Waals surface area contributed by atoms with E-state index in [4.69, 9.17) is 9.47 Å². The lowest BCUT2D eigenvalue weighted by atomic mass is 9.91. The van der Waals surface area contributed by atoms with E-state index in [2.05, 4.69) is 21.5 Å². The van der Waals surface area contributed by atoms with Gasteiger partial charge in [0.25, 0.3) is 5.56 Å². The van der Waals surface area contributed by atoms with Gasteiger partial charge in [0.1, 0.15) is 6.54 Å². The van der Waals surface area contributed by atoms with Gasteiger partial charge < -0.3 is 19.8 Å². The van der Waals surface area contributed by atoms with E-state index in [1.54, 1.807) is 18.3 Å². The van der Waals surface area contributed by atoms with Crippen LogP contribution in [0.1, 0.15) is 30.1 Å². The van der Waals surface area contributed by atoms with Gasteiger partial charge in [-0.25, -0.2) is 4.68 Å². The van der Waals surface area contributed by atoms with Crippen molar-refractivity contribution >= 4 is 27.6 Å². The molecule has 2 N–H and O–H groups in total. The van der Waals surface area contributed by atoms with Crippen LogP contribution < -0.4 is 20.3 Å². The van der Waals surface area contributed by atoms with E-state index in [9.17, 15) is 9.59 Å². The fourth-order valence-electron chi connectivity index (χ4n) is 4.63. The number of H-pyrrole nitrogens is 1. The van der Waals surface area contributed by atoms with Crippen LogP contribution in [0.25, 0.3) is 21.7 Å². The minimum absolute atomic E-state index is 0.121. The highest BCUT2D eigenvalue weighted by Crippen LogP contribution is 2.35. The molecule has 8 heteroatoms. The predicted molar refractivity (Wildman–Crippen MR) is 121 cm³/mol. The summed E-state index contributed by atoms with van der Waals surface area (Å²) in [6, 6.07) is 11.5. The van der Waals surface area contributed by atoms with Gasteiger partial charge in [-0.05, 0) is 43.0 Å². The van der Waals surface area contributed by atoms with E-state index in [1.165, 1.54) is 25.2 Å². The Labute approximate surface area is 184 Å². The summed E-state index contributed by atoms with van der Waals surface area (Å²) in [5.41, 5.74) is 2.99. The summed E-state index contributed by atoms with van der Waals surface area (Å²) in [4.78, 5) is 29.5. The molecule has 2 aromatic heterocycles. The topological polar surface area (TPSA) is 98.2 Å². The summed E-state index contributed by atoms with van der Waals surface area (Å²) >= 11 is 0. The van der Waals surface area contributed by atoms with Gasteiger partial charge in [0.05, 0.1) is 31.8 Å². The molecular weight excluding hydrogens is 408 g/mol. The van der Waals surface area contributed by atoms with Crippen molar-refractivity contribution in [3.63, 3.8) is 0 Å². The largest absolute Gasteiger partial charge is 0.493 e. The quantitative estimate of drug-likeness (QED) is 0.505. The summed E-state index contributed by atoms with van der Waals surface area (Å²) in [7, 11) is 2.99. The molecule has 0 fully saturated rings. The Bertz CT molecular complexity index is 1390. The third-order valence-electron chi connectivity index (χ3n) is 6.11. The van der Waals surface area contributed by atoms with Gasteiger partial charge in [0.2, 0.25) is 5.91 Å². The van der Waals surface area contributed by atoms with Crippen molar-refractivity contribution in [3.8, 4) is 11.5 Å². The molecule has 8 nitrogen and oxygen atoms in total. The number of nitrogens with one attached hydrogen (secondary N) is 2. The van der Waals surface area contributed by atoms with Crippen molar-refractivity contribution in [1.29, 1.82) is 0 Å². The van der Waals surface area contributed by atoms with Gasteiger partial charge in [0.15, 0.2) is 11.5 Å². The zero-order valence-corrected chi connectivity index (χ0v) is 18.0. The number of hydrogen-bond acceptors (Lipinski definition) is 5. The van der Waals surface area contributed by atoms with Crippen LogP contribution in [0.4, 0.5) is 0 Å². The number of carbonyl (C=O) groups is 1. The molecule has 0 saturated carbocycles. The third-order valence-corrected chi connectivity index (χ3v) is 6.11. The molecule has 5 rings (SSSR count). The number of aromatic nitrogens is 3. The first-order valence-electron chi connectivity index (χ1n) is 10.6. The van der Waals surface area contributed by atoms with E-state index in [0.717, 1.165) is 35.2 Å². The molecule has 4 aromatic rings. The van der Waals surface area contributed by atoms with Crippen molar-refractivity contribution in [2.45, 2.75) is 31.8 Å². The average Bonchev–Trinajstić information content (AvgIpc) is 3.20. The number of nitrogens with zero attached hydrogens (tertiary/aromatic N) is 2. The molecule has 2 aromatic carbocycles. The number of methoxy groups -OCH3 is 2. The van der Waals surface area contributed by atoms with Gasteiger partial charge >= 0.3 is 0 Å². The standard InChI is InChI=1S/C24H24N4O4/c1-31-19-11-10-14-12-25-28(24(30)21(14)23(19)32-2)13-20(29)26-18-9-5-7-16-15-6-3-4-8-17(15)27-22(16)18/h3-4,6,8,10-12,18,27H,5,7,9,13H2,1-2H3,(H,26,29)/t18-/m0/s1. The Morgan fingerprint density at radius 3 is 2.88 bits per heavy atom. The predicted octanol–water partition coefficient (Wildman–Crippen LogP) is 3.09. The van der Waals surface area contributed by atoms with Crippen LogP contribution in [0.15, 0.2) is 47.4 Å². The van der Waals surface area contributed by atoms with Crippen LogP contribution in [-0.2, 0) is 17.8 Å². The van der Waals surface area contributed by atoms with Crippen LogP contribution in [0.2, 0.25) is 0 Å². The van der Waals surface area contributed by atoms with Crippen molar-refractivity contribution in [2.24, 2.45) is 0 Å². The van der Waals surface area contributed by atoms with E-state index in [0.29, 0.717) is 22.3 Å². The molecule has 0 unspecified atom stereocenters. The second-order valence-electron chi connectivity index (χ2n) is 7.95. The molecule has 32 heavy (non-hydrogen) atoms. The number of ether oxygens (including phenoxy) is 2. The Hall–Kier alpha value is -3.81. The number of benzene rings is 2. The number of amides is 1. The van der Waals surface area contributed by atoms with E-state index >= 15 is 0 Å². The van der Waals surface area contributed by atoms with Gasteiger partial charge in [-0.15, -0.1) is 0 Å². The lowest BCUT2D eigenvalue weighted by Gasteiger charge is -2.24. The first-order chi connectivity index (χ1) is 15.6. The zero-order chi connectivity index (χ0) is 22.2. The molecule has 1 aliphatic rings. The highest BCUT2D eigenvalue weighted by atomic mass is 16.5. The second-order valence-corrected chi connectivity index (χ2v) is 7.95. The number of para-hydroxylation sites is 1. The lowest BCUT2D eigenvalue weighted by Crippen LogP contribution is -2.37. The molecule has 0 saturated heterocycles. The average molecular weight is 432 g/mol. The summed E-state index contributed by atoms with van der Waals surface area (Å²) < 4.78 is 11.9. The Morgan fingerprint density at radius 2 is 2.06 bits per heavy atom. The number of rotatable bonds is 5. The fourth-order valence-corrected chi connectivity index (χ4v) is 4.63. The molecule has 164 valence electrons. The summed E-state index contributed by atoms with van der Waals surface area (Å²) in [5, 5.41) is 9.44. The maximum Gasteiger partial charge on any atom is 0.279 e. The molecule has 0 aliphatic heterocycles. The van der Waals surface area contributed by atoms with Gasteiger partial charge in [-0.1, -0.05) is 18.2 Å². The molecule has 2 heterocycles. The Kier molecular flexibility index (Phi) is 5.05. The number of aromatic amines is 1. The number of fused-ring (bicyclic) bond motifs is 4. The van der Waals surface area contributed by atoms with E-state index in [-0.39, 0.29) is 18.5 Å². The third kappa shape index (κ3) is 3.28. The highest BCUT2D eigenvalue weighted by Gasteiger charge is 2.26. The van der Waals surface area contributed by atoms with Crippen molar-refractivity contribution in [3.05, 3.63) is 64.2 Å². The fraction of sp³-hybridized carbons (Fsp3) is 0.292. The van der Waals surface area contributed by atoms with Gasteiger partial charge in [-0.3, -0.25) is 9.59 Å². The number of aryl methyl sites for hydroxylation is 1. The van der Waals surface area contributed by atoms with Gasteiger partial charge in [-0.2, -0.15) is 5.10 Å². The highest BCUT2D eigenvalue weighted by molar-refractivity contribution is 5.90. The maximum atomic E-state index is 13.1. The summed E-state index contributed by atoms with van der Waals surface area (Å²) in [6.07, 6.45) is 4.38. The minimum atomic E-state index is -0.400. The minimum Gasteiger partial charge on any atom is -0.493 e. The van der Waals surface area contributed by atoms with Crippen molar-refractivity contribution in [1.82, 2.24) is 20.1 Å². The first-order valence-corrected chi connectivity index (χ1v) is 10.6. The smallest absolute Gasteiger partial charge is 0.279 e. The molecule has 1 amide bonds. The molecule has 1 aliphatic carbocycles. The molecular formula is C24H24N4O4. The van der Waals surface area contributed by atoms with Crippen LogP contribution in [0, 0.1) is 0 Å². The number of carbonyl (C=O) groups excluding carboxylic acids is 1. The van der Waals surface area contributed by atoms with Crippen LogP contribution in [-0.4, -0.2) is 34.9 Å². The Morgan fingerprint density at radius 1 is 1.22 bits per heavy atom. The van der Waals surface area contributed by atoms with Crippen molar-refractivity contribution in [2.75, 3.05) is 14.2 Å². The van der Waals surface area contributed by atoms with E-state index in [1.807, 2.05) is 18.2 Å². The molecule has 0 spiro atoms. The van der Waals surface area contributed by atoms with Gasteiger partial charge in [0, 0.05) is 22.0 Å². The maximum absolute atomic E-state index is 13.1. The summed E-state index contributed by atoms with van der Waals surface area (Å²) in [5.74, 6) is 0.520. The number of hydrogen-bond donors (Lipinski definition) is 2. The van der Waals surface area contributed by atoms with E-state index < -0.39 is 5.56 Å².